The van der Waals surface area contributed by atoms with E-state index in [1.807, 2.05) is 30.5 Å². The summed E-state index contributed by atoms with van der Waals surface area (Å²) in [5.41, 5.74) is 25.4. The number of fused-ring (bicyclic) bond motifs is 9. The Morgan fingerprint density at radius 2 is 1.27 bits per heavy atom. The number of nitrogens with zero attached hydrogens (tertiary/aromatic N) is 4. The van der Waals surface area contributed by atoms with Crippen molar-refractivity contribution in [3.8, 4) is 5.69 Å². The molecule has 0 aliphatic heterocycles. The van der Waals surface area contributed by atoms with Gasteiger partial charge in [-0.15, -0.1) is 5.70 Å². The summed E-state index contributed by atoms with van der Waals surface area (Å²) in [5.74, 6) is 0. The van der Waals surface area contributed by atoms with Crippen LogP contribution in [0.1, 0.15) is 22.3 Å². The Hall–Kier alpha value is -7.40. The molecule has 7 heteroatoms. The van der Waals surface area contributed by atoms with Crippen LogP contribution in [0.15, 0.2) is 211 Å². The first-order valence-electron chi connectivity index (χ1n) is 20.6. The molecule has 0 unspecified atom stereocenters. The molecule has 7 aromatic carbocycles. The van der Waals surface area contributed by atoms with Gasteiger partial charge in [-0.25, -0.2) is 0 Å². The number of allylic oxidation sites excluding steroid dienone is 4. The Morgan fingerprint density at radius 3 is 2.11 bits per heavy atom. The summed E-state index contributed by atoms with van der Waals surface area (Å²) < 4.78 is 10.5. The molecule has 2 N–H and O–H groups in total. The van der Waals surface area contributed by atoms with Gasteiger partial charge in [0.1, 0.15) is 11.2 Å². The second-order valence-corrected chi connectivity index (χ2v) is 15.4. The summed E-state index contributed by atoms with van der Waals surface area (Å²) >= 11 is 0. The van der Waals surface area contributed by atoms with E-state index in [1.165, 1.54) is 21.9 Å². The molecule has 62 heavy (non-hydrogen) atoms. The summed E-state index contributed by atoms with van der Waals surface area (Å²) in [4.78, 5) is 4.36. The van der Waals surface area contributed by atoms with Crippen LogP contribution in [0.5, 0.6) is 0 Å². The van der Waals surface area contributed by atoms with Gasteiger partial charge in [-0.1, -0.05) is 133 Å². The second-order valence-electron chi connectivity index (χ2n) is 15.4. The maximum absolute atomic E-state index is 6.81. The first-order valence-corrected chi connectivity index (χ1v) is 20.6. The molecule has 4 heterocycles. The largest absolute Gasteiger partial charge is 0.590 e. The van der Waals surface area contributed by atoms with Crippen molar-refractivity contribution in [2.75, 3.05) is 0 Å². The van der Waals surface area contributed by atoms with Crippen molar-refractivity contribution >= 4 is 76.9 Å². The number of para-hydroxylation sites is 2. The molecule has 0 saturated carbocycles. The van der Waals surface area contributed by atoms with Crippen LogP contribution in [0.3, 0.4) is 0 Å². The average molecular weight is 971 g/mol. The van der Waals surface area contributed by atoms with Gasteiger partial charge in [0.25, 0.3) is 0 Å². The summed E-state index contributed by atoms with van der Waals surface area (Å²) in [5, 5.41) is 6.79. The minimum Gasteiger partial charge on any atom is -0.590 e. The van der Waals surface area contributed by atoms with Crippen molar-refractivity contribution < 1.29 is 25.5 Å². The maximum atomic E-state index is 6.81. The van der Waals surface area contributed by atoms with Gasteiger partial charge < -0.3 is 24.8 Å². The van der Waals surface area contributed by atoms with Crippen LogP contribution < -0.4 is 5.73 Å². The normalized spacial score (nSPS) is 12.4. The third-order valence-corrected chi connectivity index (χ3v) is 11.6. The number of nitrogens with two attached hydrogens (primary N) is 1. The van der Waals surface area contributed by atoms with E-state index >= 15 is 0 Å². The van der Waals surface area contributed by atoms with E-state index in [1.54, 1.807) is 6.20 Å². The molecule has 0 spiro atoms. The van der Waals surface area contributed by atoms with E-state index in [0.717, 1.165) is 90.1 Å². The molecule has 4 aromatic heterocycles. The molecular formula is C55H40N5OW-. The Balaban J connectivity index is 0.00000458. The molecule has 0 saturated heterocycles. The Kier molecular flexibility index (Phi) is 10.4. The fraction of sp³-hybridized carbons (Fsp3) is 0.0364. The van der Waals surface area contributed by atoms with E-state index in [0.29, 0.717) is 5.70 Å². The zero-order valence-electron chi connectivity index (χ0n) is 33.7. The predicted molar refractivity (Wildman–Crippen MR) is 254 cm³/mol. The molecule has 0 aliphatic rings. The Morgan fingerprint density at radius 1 is 0.565 bits per heavy atom. The number of furan rings is 1. The smallest absolute Gasteiger partial charge is 0.138 e. The third-order valence-electron chi connectivity index (χ3n) is 11.6. The van der Waals surface area contributed by atoms with E-state index in [2.05, 4.69) is 184 Å². The quantitative estimate of drug-likeness (QED) is 0.139. The SMILES string of the molecule is N/C(=C\C=C/Cc1ccc2c(c1)c1ccccc1n2-c1ccc2oc3ccncc3c2c1)c1ccc2c3ccccc3n([N-]/C(=C\Cc3ccccc3)c3ccccc3)c2c1.[W]. The topological polar surface area (TPSA) is 76.0 Å². The molecule has 0 amide bonds. The average Bonchev–Trinajstić information content (AvgIpc) is 3.96. The van der Waals surface area contributed by atoms with Crippen LogP contribution in [0.4, 0.5) is 0 Å². The molecule has 6 nitrogen and oxygen atoms in total. The van der Waals surface area contributed by atoms with Gasteiger partial charge in [-0.3, -0.25) is 4.98 Å². The number of aromatic nitrogens is 3. The second kappa shape index (κ2) is 16.6. The van der Waals surface area contributed by atoms with E-state index in [9.17, 15) is 0 Å². The van der Waals surface area contributed by atoms with Crippen LogP contribution in [0.2, 0.25) is 0 Å². The van der Waals surface area contributed by atoms with Gasteiger partial charge >= 0.3 is 0 Å². The van der Waals surface area contributed by atoms with Gasteiger partial charge in [-0.2, -0.15) is 0 Å². The number of rotatable bonds is 10. The number of benzene rings is 7. The molecule has 0 radical (unpaired) electrons. The number of hydrogen-bond acceptors (Lipinski definition) is 3. The maximum Gasteiger partial charge on any atom is 0.138 e. The van der Waals surface area contributed by atoms with E-state index in [-0.39, 0.29) is 21.1 Å². The minimum atomic E-state index is 0. The van der Waals surface area contributed by atoms with Gasteiger partial charge in [0, 0.05) is 88.2 Å². The number of hydrogen-bond donors (Lipinski definition) is 1. The molecule has 0 atom stereocenters. The van der Waals surface area contributed by atoms with Gasteiger partial charge in [0.2, 0.25) is 0 Å². The zero-order valence-corrected chi connectivity index (χ0v) is 36.7. The molecule has 11 aromatic rings. The van der Waals surface area contributed by atoms with Crippen molar-refractivity contribution in [3.63, 3.8) is 0 Å². The molecule has 0 fully saturated rings. The third kappa shape index (κ3) is 7.08. The fourth-order valence-corrected chi connectivity index (χ4v) is 8.64. The van der Waals surface area contributed by atoms with Crippen LogP contribution >= 0.6 is 0 Å². The van der Waals surface area contributed by atoms with Gasteiger partial charge in [0.15, 0.2) is 0 Å². The van der Waals surface area contributed by atoms with Crippen molar-refractivity contribution in [1.82, 2.24) is 14.2 Å². The molecule has 0 bridgehead atoms. The van der Waals surface area contributed by atoms with Crippen molar-refractivity contribution in [2.24, 2.45) is 5.73 Å². The van der Waals surface area contributed by atoms with Gasteiger partial charge in [0.05, 0.1) is 11.0 Å². The summed E-state index contributed by atoms with van der Waals surface area (Å²) in [6.45, 7) is 0. The molecule has 0 aliphatic carbocycles. The minimum absolute atomic E-state index is 0. The monoisotopic (exact) mass is 970 g/mol. The standard InChI is InChI=1S/C55H40N5O.W/c56-48(40-25-27-44-42-18-9-12-22-52(42)60(53(44)34-40)58-49(39-16-5-2-6-17-39)28-23-37-13-3-1-4-14-37)20-10-7-15-38-24-29-51-45(33-38)43-19-8-11-21-50(43)59(51)41-26-30-54-46(35-41)47-36-57-32-31-55(47)61-54;/h1-14,16-22,24-36H,15,23,56H2;/q-1;/b10-7-,48-20-,49-28-;. The summed E-state index contributed by atoms with van der Waals surface area (Å²) in [7, 11) is 0. The first kappa shape index (κ1) is 38.8. The van der Waals surface area contributed by atoms with Crippen molar-refractivity contribution in [3.05, 3.63) is 234 Å². The predicted octanol–water partition coefficient (Wildman–Crippen LogP) is 13.7. The van der Waals surface area contributed by atoms with Crippen LogP contribution in [-0.4, -0.2) is 14.2 Å². The molecular weight excluding hydrogens is 930 g/mol. The van der Waals surface area contributed by atoms with Crippen LogP contribution in [0.25, 0.3) is 88.1 Å². The van der Waals surface area contributed by atoms with E-state index < -0.39 is 0 Å². The Bertz CT molecular complexity index is 3520. The van der Waals surface area contributed by atoms with E-state index in [4.69, 9.17) is 15.6 Å². The van der Waals surface area contributed by atoms with Crippen LogP contribution in [-0.2, 0) is 33.9 Å². The summed E-state index contributed by atoms with van der Waals surface area (Å²) in [6.07, 6.45) is 13.6. The molecule has 11 rings (SSSR count). The van der Waals surface area contributed by atoms with Crippen molar-refractivity contribution in [2.45, 2.75) is 12.8 Å². The Labute approximate surface area is 373 Å². The van der Waals surface area contributed by atoms with Gasteiger partial charge in [-0.05, 0) is 95.8 Å². The van der Waals surface area contributed by atoms with Crippen molar-refractivity contribution in [1.29, 1.82) is 0 Å². The first-order chi connectivity index (χ1) is 30.2. The zero-order chi connectivity index (χ0) is 40.7. The summed E-state index contributed by atoms with van der Waals surface area (Å²) in [6, 6.07) is 59.5. The number of pyridine rings is 1. The molecule has 298 valence electrons. The fourth-order valence-electron chi connectivity index (χ4n) is 8.64. The van der Waals surface area contributed by atoms with Crippen LogP contribution in [0, 0.1) is 0 Å².